The van der Waals surface area contributed by atoms with Gasteiger partial charge in [-0.1, -0.05) is 0 Å². The van der Waals surface area contributed by atoms with Gasteiger partial charge in [0.25, 0.3) is 5.24 Å². The van der Waals surface area contributed by atoms with Gasteiger partial charge in [0.05, 0.1) is 0 Å². The van der Waals surface area contributed by atoms with Gasteiger partial charge in [0.1, 0.15) is 5.69 Å². The molecule has 10 heavy (non-hydrogen) atoms. The molecule has 0 fully saturated rings. The van der Waals surface area contributed by atoms with Gasteiger partial charge in [-0.15, -0.1) is 0 Å². The zero-order valence-corrected chi connectivity index (χ0v) is 6.30. The molecule has 0 unspecified atom stereocenters. The summed E-state index contributed by atoms with van der Waals surface area (Å²) in [6.45, 7) is 2.69. The standard InChI is InChI=1S/C6H7ClN2O/c1-2-9-4-3-5(8-9)6(7)10/h3-4H,2H2,1H3. The lowest BCUT2D eigenvalue weighted by molar-refractivity contribution is 0.107. The number of rotatable bonds is 2. The summed E-state index contributed by atoms with van der Waals surface area (Å²) in [7, 11) is 0. The van der Waals surface area contributed by atoms with E-state index in [0.717, 1.165) is 6.54 Å². The van der Waals surface area contributed by atoms with Crippen molar-refractivity contribution in [2.24, 2.45) is 0 Å². The van der Waals surface area contributed by atoms with E-state index < -0.39 is 5.24 Å². The first kappa shape index (κ1) is 7.28. The molecule has 0 bridgehead atoms. The highest BCUT2D eigenvalue weighted by molar-refractivity contribution is 6.67. The molecule has 0 aliphatic rings. The third kappa shape index (κ3) is 1.36. The average molecular weight is 159 g/mol. The molecule has 0 saturated heterocycles. The summed E-state index contributed by atoms with van der Waals surface area (Å²) < 4.78 is 1.65. The van der Waals surface area contributed by atoms with Crippen molar-refractivity contribution in [3.8, 4) is 0 Å². The van der Waals surface area contributed by atoms with Gasteiger partial charge in [-0.25, -0.2) is 0 Å². The van der Waals surface area contributed by atoms with Crippen LogP contribution in [0.3, 0.4) is 0 Å². The van der Waals surface area contributed by atoms with Gasteiger partial charge in [0.15, 0.2) is 0 Å². The Morgan fingerprint density at radius 1 is 1.90 bits per heavy atom. The van der Waals surface area contributed by atoms with Crippen LogP contribution in [0.4, 0.5) is 0 Å². The highest BCUT2D eigenvalue weighted by atomic mass is 35.5. The first-order valence-electron chi connectivity index (χ1n) is 2.97. The fourth-order valence-electron chi connectivity index (χ4n) is 0.643. The quantitative estimate of drug-likeness (QED) is 0.608. The van der Waals surface area contributed by atoms with Crippen molar-refractivity contribution in [3.63, 3.8) is 0 Å². The van der Waals surface area contributed by atoms with Gasteiger partial charge >= 0.3 is 0 Å². The van der Waals surface area contributed by atoms with Gasteiger partial charge < -0.3 is 0 Å². The summed E-state index contributed by atoms with van der Waals surface area (Å²) in [5, 5.41) is 3.36. The molecule has 0 saturated carbocycles. The number of nitrogens with zero attached hydrogens (tertiary/aromatic N) is 2. The van der Waals surface area contributed by atoms with Crippen molar-refractivity contribution in [2.75, 3.05) is 0 Å². The molecule has 54 valence electrons. The number of hydrogen-bond donors (Lipinski definition) is 0. The van der Waals surface area contributed by atoms with Gasteiger partial charge in [-0.05, 0) is 24.6 Å². The number of hydrogen-bond acceptors (Lipinski definition) is 2. The van der Waals surface area contributed by atoms with Gasteiger partial charge in [0.2, 0.25) is 0 Å². The van der Waals surface area contributed by atoms with E-state index in [-0.39, 0.29) is 0 Å². The van der Waals surface area contributed by atoms with Crippen LogP contribution < -0.4 is 0 Å². The summed E-state index contributed by atoms with van der Waals surface area (Å²) in [5.41, 5.74) is 0.309. The maximum absolute atomic E-state index is 10.5. The Morgan fingerprint density at radius 2 is 2.60 bits per heavy atom. The second kappa shape index (κ2) is 2.84. The monoisotopic (exact) mass is 158 g/mol. The second-order valence-corrected chi connectivity index (χ2v) is 2.17. The second-order valence-electron chi connectivity index (χ2n) is 1.83. The van der Waals surface area contributed by atoms with Crippen LogP contribution in [0.25, 0.3) is 0 Å². The predicted molar refractivity (Wildman–Crippen MR) is 38.1 cm³/mol. The molecule has 1 heterocycles. The Hall–Kier alpha value is -0.830. The van der Waals surface area contributed by atoms with Crippen molar-refractivity contribution in [2.45, 2.75) is 13.5 Å². The van der Waals surface area contributed by atoms with E-state index in [2.05, 4.69) is 5.10 Å². The van der Waals surface area contributed by atoms with E-state index in [1.54, 1.807) is 16.9 Å². The smallest absolute Gasteiger partial charge is 0.272 e. The SMILES string of the molecule is CCn1ccc(C(=O)Cl)n1. The van der Waals surface area contributed by atoms with Crippen LogP contribution >= 0.6 is 11.6 Å². The molecule has 1 aromatic heterocycles. The van der Waals surface area contributed by atoms with E-state index in [1.807, 2.05) is 6.92 Å². The average Bonchev–Trinajstić information content (AvgIpc) is 2.34. The Kier molecular flexibility index (Phi) is 2.06. The number of carbonyl (C=O) groups excluding carboxylic acids is 1. The highest BCUT2D eigenvalue weighted by Gasteiger charge is 2.03. The zero-order valence-electron chi connectivity index (χ0n) is 5.54. The molecule has 0 aromatic carbocycles. The van der Waals surface area contributed by atoms with Crippen LogP contribution in [0.15, 0.2) is 12.3 Å². The van der Waals surface area contributed by atoms with Crippen LogP contribution in [0.5, 0.6) is 0 Å². The lowest BCUT2D eigenvalue weighted by Gasteiger charge is -1.89. The molecule has 0 radical (unpaired) electrons. The van der Waals surface area contributed by atoms with Crippen LogP contribution in [0.1, 0.15) is 17.4 Å². The van der Waals surface area contributed by atoms with Crippen molar-refractivity contribution < 1.29 is 4.79 Å². The molecular weight excluding hydrogens is 152 g/mol. The predicted octanol–water partition coefficient (Wildman–Crippen LogP) is 1.28. The number of halogens is 1. The Balaban J connectivity index is 2.88. The molecule has 0 atom stereocenters. The van der Waals surface area contributed by atoms with Crippen molar-refractivity contribution in [3.05, 3.63) is 18.0 Å². The largest absolute Gasteiger partial charge is 0.274 e. The first-order chi connectivity index (χ1) is 4.74. The van der Waals surface area contributed by atoms with E-state index >= 15 is 0 Å². The third-order valence-electron chi connectivity index (χ3n) is 1.17. The lowest BCUT2D eigenvalue weighted by Crippen LogP contribution is -1.97. The van der Waals surface area contributed by atoms with Crippen molar-refractivity contribution in [1.82, 2.24) is 9.78 Å². The minimum atomic E-state index is -0.507. The fraction of sp³-hybridized carbons (Fsp3) is 0.333. The number of carbonyl (C=O) groups is 1. The molecule has 0 aliphatic carbocycles. The van der Waals surface area contributed by atoms with Crippen LogP contribution in [0.2, 0.25) is 0 Å². The van der Waals surface area contributed by atoms with Gasteiger partial charge in [0, 0.05) is 12.7 Å². The zero-order chi connectivity index (χ0) is 7.56. The van der Waals surface area contributed by atoms with Crippen molar-refractivity contribution in [1.29, 1.82) is 0 Å². The van der Waals surface area contributed by atoms with Gasteiger partial charge in [-0.3, -0.25) is 9.48 Å². The summed E-state index contributed by atoms with van der Waals surface area (Å²) >= 11 is 5.16. The van der Waals surface area contributed by atoms with Crippen LogP contribution in [0, 0.1) is 0 Å². The molecule has 1 aromatic rings. The van der Waals surface area contributed by atoms with Gasteiger partial charge in [-0.2, -0.15) is 5.10 Å². The molecular formula is C6H7ClN2O. The Bertz CT molecular complexity index is 244. The minimum absolute atomic E-state index is 0.309. The number of aromatic nitrogens is 2. The molecule has 4 heteroatoms. The molecule has 0 N–H and O–H groups in total. The maximum Gasteiger partial charge on any atom is 0.272 e. The summed E-state index contributed by atoms with van der Waals surface area (Å²) in [6.07, 6.45) is 1.72. The highest BCUT2D eigenvalue weighted by Crippen LogP contribution is 1.99. The molecule has 0 spiro atoms. The normalized spacial score (nSPS) is 9.80. The van der Waals surface area contributed by atoms with E-state index in [4.69, 9.17) is 11.6 Å². The van der Waals surface area contributed by atoms with E-state index in [1.165, 1.54) is 0 Å². The minimum Gasteiger partial charge on any atom is -0.274 e. The third-order valence-corrected chi connectivity index (χ3v) is 1.36. The molecule has 3 nitrogen and oxygen atoms in total. The summed E-state index contributed by atoms with van der Waals surface area (Å²) in [6, 6.07) is 1.60. The van der Waals surface area contributed by atoms with Crippen molar-refractivity contribution >= 4 is 16.8 Å². The number of aryl methyl sites for hydroxylation is 1. The summed E-state index contributed by atoms with van der Waals surface area (Å²) in [5.74, 6) is 0. The topological polar surface area (TPSA) is 34.9 Å². The Labute approximate surface area is 63.6 Å². The van der Waals surface area contributed by atoms with E-state index in [0.29, 0.717) is 5.69 Å². The molecule has 0 aliphatic heterocycles. The maximum atomic E-state index is 10.5. The lowest BCUT2D eigenvalue weighted by atomic mass is 10.5. The van der Waals surface area contributed by atoms with Crippen LogP contribution in [-0.2, 0) is 6.54 Å². The first-order valence-corrected chi connectivity index (χ1v) is 3.35. The van der Waals surface area contributed by atoms with E-state index in [9.17, 15) is 4.79 Å². The Morgan fingerprint density at radius 3 is 2.90 bits per heavy atom. The summed E-state index contributed by atoms with van der Waals surface area (Å²) in [4.78, 5) is 10.5. The fourth-order valence-corrected chi connectivity index (χ4v) is 0.743. The van der Waals surface area contributed by atoms with Crippen LogP contribution in [-0.4, -0.2) is 15.0 Å². The molecule has 1 rings (SSSR count). The molecule has 0 amide bonds.